The first-order valence-corrected chi connectivity index (χ1v) is 15.0. The van der Waals surface area contributed by atoms with Gasteiger partial charge in [0.2, 0.25) is 0 Å². The molecule has 33 heavy (non-hydrogen) atoms. The number of hydrogen-bond donors (Lipinski definition) is 0. The third-order valence-corrected chi connectivity index (χ3v) is 6.88. The summed E-state index contributed by atoms with van der Waals surface area (Å²) in [6.45, 7) is 8.80. The number of hydrogen-bond acceptors (Lipinski definition) is 2. The molecule has 0 rings (SSSR count). The summed E-state index contributed by atoms with van der Waals surface area (Å²) in [5.74, 6) is 0. The van der Waals surface area contributed by atoms with Crippen LogP contribution in [0.2, 0.25) is 0 Å². The Morgan fingerprint density at radius 3 is 1.42 bits per heavy atom. The van der Waals surface area contributed by atoms with Crippen molar-refractivity contribution in [2.24, 2.45) is 0 Å². The molecule has 0 saturated heterocycles. The highest BCUT2D eigenvalue weighted by atomic mass is 19.1. The van der Waals surface area contributed by atoms with Crippen LogP contribution in [0.15, 0.2) is 0 Å². The van der Waals surface area contributed by atoms with E-state index in [1.165, 1.54) is 116 Å². The van der Waals surface area contributed by atoms with Gasteiger partial charge in [0.25, 0.3) is 0 Å². The second-order valence-corrected chi connectivity index (χ2v) is 10.4. The minimum Gasteiger partial charge on any atom is -0.378 e. The monoisotopic (exact) mass is 472 g/mol. The highest BCUT2D eigenvalue weighted by Gasteiger charge is 2.24. The minimum absolute atomic E-state index is 0.122. The molecule has 200 valence electrons. The van der Waals surface area contributed by atoms with E-state index in [4.69, 9.17) is 9.47 Å². The summed E-state index contributed by atoms with van der Waals surface area (Å²) >= 11 is 0. The molecule has 0 aliphatic heterocycles. The van der Waals surface area contributed by atoms with E-state index >= 15 is 0 Å². The summed E-state index contributed by atoms with van der Waals surface area (Å²) in [6, 6.07) is 0. The maximum absolute atomic E-state index is 12.1. The van der Waals surface area contributed by atoms with Gasteiger partial charge in [-0.2, -0.15) is 0 Å². The maximum atomic E-state index is 12.1. The van der Waals surface area contributed by atoms with Crippen LogP contribution in [0.3, 0.4) is 0 Å². The number of alkyl halides is 1. The van der Waals surface area contributed by atoms with Crippen LogP contribution in [0.5, 0.6) is 0 Å². The largest absolute Gasteiger partial charge is 0.378 e. The molecular weight excluding hydrogens is 411 g/mol. The molecule has 0 bridgehead atoms. The molecule has 0 aromatic rings. The van der Waals surface area contributed by atoms with Crippen molar-refractivity contribution in [1.29, 1.82) is 0 Å². The van der Waals surface area contributed by atoms with Crippen molar-refractivity contribution in [3.8, 4) is 0 Å². The van der Waals surface area contributed by atoms with E-state index in [2.05, 4.69) is 20.8 Å². The zero-order valence-corrected chi connectivity index (χ0v) is 23.1. The van der Waals surface area contributed by atoms with Gasteiger partial charge in [-0.25, -0.2) is 0 Å². The van der Waals surface area contributed by atoms with Gasteiger partial charge >= 0.3 is 0 Å². The molecule has 1 unspecified atom stereocenters. The molecule has 0 aliphatic carbocycles. The van der Waals surface area contributed by atoms with Crippen LogP contribution >= 0.6 is 0 Å². The molecule has 0 fully saturated rings. The van der Waals surface area contributed by atoms with Gasteiger partial charge in [-0.15, -0.1) is 0 Å². The van der Waals surface area contributed by atoms with E-state index in [-0.39, 0.29) is 12.3 Å². The van der Waals surface area contributed by atoms with E-state index in [0.29, 0.717) is 0 Å². The number of halogens is 1. The fraction of sp³-hybridized carbons (Fsp3) is 1.00. The van der Waals surface area contributed by atoms with Crippen LogP contribution in [0.1, 0.15) is 162 Å². The second kappa shape index (κ2) is 26.5. The third kappa shape index (κ3) is 24.8. The van der Waals surface area contributed by atoms with Crippen LogP contribution in [-0.2, 0) is 9.47 Å². The Hall–Kier alpha value is -0.150. The lowest BCUT2D eigenvalue weighted by Gasteiger charge is -2.29. The minimum atomic E-state index is -0.155. The lowest BCUT2D eigenvalue weighted by Crippen LogP contribution is -2.34. The highest BCUT2D eigenvalue weighted by molar-refractivity contribution is 4.75. The molecule has 2 nitrogen and oxygen atoms in total. The Kier molecular flexibility index (Phi) is 26.3. The molecule has 0 amide bonds. The molecular formula is C30H61FO2. The SMILES string of the molecule is CCCCCCCCCCCCCCCC(C)(COCCCCCCCCCCF)OCC. The highest BCUT2D eigenvalue weighted by Crippen LogP contribution is 2.21. The average Bonchev–Trinajstić information content (AvgIpc) is 2.81. The van der Waals surface area contributed by atoms with Crippen LogP contribution in [0.25, 0.3) is 0 Å². The standard InChI is InChI=1S/C30H61FO2/c1-4-6-7-8-9-10-11-12-13-14-17-20-23-26-30(3,33-5-2)29-32-28-25-22-19-16-15-18-21-24-27-31/h4-29H2,1-3H3. The van der Waals surface area contributed by atoms with E-state index in [1.807, 2.05) is 0 Å². The first-order valence-electron chi connectivity index (χ1n) is 15.0. The molecule has 0 N–H and O–H groups in total. The maximum Gasteiger partial charge on any atom is 0.0894 e. The van der Waals surface area contributed by atoms with Gasteiger partial charge in [-0.1, -0.05) is 129 Å². The normalized spacial score (nSPS) is 13.5. The van der Waals surface area contributed by atoms with Crippen molar-refractivity contribution in [3.05, 3.63) is 0 Å². The molecule has 0 aliphatic rings. The van der Waals surface area contributed by atoms with Gasteiger partial charge in [-0.3, -0.25) is 4.39 Å². The number of rotatable bonds is 28. The van der Waals surface area contributed by atoms with E-state index in [0.717, 1.165) is 45.5 Å². The third-order valence-electron chi connectivity index (χ3n) is 6.88. The summed E-state index contributed by atoms with van der Waals surface area (Å²) in [5, 5.41) is 0. The predicted molar refractivity (Wildman–Crippen MR) is 144 cm³/mol. The Bertz CT molecular complexity index is 363. The Morgan fingerprint density at radius 1 is 0.545 bits per heavy atom. The molecule has 0 saturated carbocycles. The molecule has 0 aromatic carbocycles. The van der Waals surface area contributed by atoms with Crippen molar-refractivity contribution < 1.29 is 13.9 Å². The van der Waals surface area contributed by atoms with E-state index in [1.54, 1.807) is 0 Å². The fourth-order valence-electron chi connectivity index (χ4n) is 4.70. The molecule has 0 aromatic heterocycles. The Labute approximate surface area is 208 Å². The smallest absolute Gasteiger partial charge is 0.0894 e. The van der Waals surface area contributed by atoms with Crippen LogP contribution in [-0.4, -0.2) is 32.1 Å². The van der Waals surface area contributed by atoms with Crippen molar-refractivity contribution in [3.63, 3.8) is 0 Å². The van der Waals surface area contributed by atoms with Gasteiger partial charge in [0.1, 0.15) is 0 Å². The summed E-state index contributed by atoms with van der Waals surface area (Å²) in [4.78, 5) is 0. The molecule has 0 radical (unpaired) electrons. The predicted octanol–water partition coefficient (Wildman–Crippen LogP) is 10.4. The summed E-state index contributed by atoms with van der Waals surface area (Å²) < 4.78 is 24.1. The zero-order chi connectivity index (χ0) is 24.3. The summed E-state index contributed by atoms with van der Waals surface area (Å²) in [7, 11) is 0. The van der Waals surface area contributed by atoms with Gasteiger partial charge in [0.05, 0.1) is 18.9 Å². The zero-order valence-electron chi connectivity index (χ0n) is 23.1. The molecule has 0 heterocycles. The lowest BCUT2D eigenvalue weighted by atomic mass is 9.97. The van der Waals surface area contributed by atoms with Crippen LogP contribution in [0, 0.1) is 0 Å². The molecule has 3 heteroatoms. The lowest BCUT2D eigenvalue weighted by molar-refractivity contribution is -0.0885. The summed E-state index contributed by atoms with van der Waals surface area (Å²) in [6.07, 6.45) is 28.4. The molecule has 1 atom stereocenters. The topological polar surface area (TPSA) is 18.5 Å². The Balaban J connectivity index is 3.55. The quantitative estimate of drug-likeness (QED) is 0.105. The van der Waals surface area contributed by atoms with Gasteiger partial charge < -0.3 is 9.47 Å². The number of ether oxygens (including phenoxy) is 2. The van der Waals surface area contributed by atoms with Crippen molar-refractivity contribution in [2.75, 3.05) is 26.5 Å². The average molecular weight is 473 g/mol. The van der Waals surface area contributed by atoms with Gasteiger partial charge in [0.15, 0.2) is 0 Å². The van der Waals surface area contributed by atoms with Crippen LogP contribution < -0.4 is 0 Å². The number of unbranched alkanes of at least 4 members (excludes halogenated alkanes) is 19. The van der Waals surface area contributed by atoms with Crippen LogP contribution in [0.4, 0.5) is 4.39 Å². The second-order valence-electron chi connectivity index (χ2n) is 10.4. The summed E-state index contributed by atoms with van der Waals surface area (Å²) in [5.41, 5.74) is -0.122. The van der Waals surface area contributed by atoms with Gasteiger partial charge in [-0.05, 0) is 33.1 Å². The van der Waals surface area contributed by atoms with E-state index < -0.39 is 0 Å². The van der Waals surface area contributed by atoms with Gasteiger partial charge in [0, 0.05) is 13.2 Å². The first kappa shape index (κ1) is 32.8. The first-order chi connectivity index (χ1) is 16.2. The van der Waals surface area contributed by atoms with Crippen molar-refractivity contribution in [2.45, 2.75) is 168 Å². The molecule has 0 spiro atoms. The van der Waals surface area contributed by atoms with Crippen molar-refractivity contribution >= 4 is 0 Å². The fourth-order valence-corrected chi connectivity index (χ4v) is 4.70. The Morgan fingerprint density at radius 2 is 0.970 bits per heavy atom. The van der Waals surface area contributed by atoms with Crippen molar-refractivity contribution in [1.82, 2.24) is 0 Å². The van der Waals surface area contributed by atoms with E-state index in [9.17, 15) is 4.39 Å².